The van der Waals surface area contributed by atoms with Crippen LogP contribution in [0, 0.1) is 11.7 Å². The lowest BCUT2D eigenvalue weighted by atomic mass is 9.93. The van der Waals surface area contributed by atoms with Crippen molar-refractivity contribution in [3.63, 3.8) is 0 Å². The molecule has 0 spiro atoms. The maximum absolute atomic E-state index is 14.0. The largest absolute Gasteiger partial charge is 0.469 e. The number of carbonyl (C=O) groups is 2. The van der Waals surface area contributed by atoms with E-state index in [9.17, 15) is 14.0 Å². The minimum Gasteiger partial charge on any atom is -0.469 e. The van der Waals surface area contributed by atoms with E-state index in [1.54, 1.807) is 18.2 Å². The van der Waals surface area contributed by atoms with Crippen molar-refractivity contribution in [2.24, 2.45) is 5.92 Å². The van der Waals surface area contributed by atoms with E-state index in [1.807, 2.05) is 26.0 Å². The van der Waals surface area contributed by atoms with Crippen molar-refractivity contribution in [2.45, 2.75) is 26.7 Å². The number of nitrogens with one attached hydrogen (secondary N) is 2. The van der Waals surface area contributed by atoms with Crippen molar-refractivity contribution in [3.8, 4) is 0 Å². The van der Waals surface area contributed by atoms with Gasteiger partial charge in [-0.2, -0.15) is 0 Å². The van der Waals surface area contributed by atoms with Crippen molar-refractivity contribution in [1.82, 2.24) is 10.3 Å². The summed E-state index contributed by atoms with van der Waals surface area (Å²) in [6, 6.07) is 8.62. The van der Waals surface area contributed by atoms with Crippen LogP contribution in [0.25, 0.3) is 5.57 Å². The van der Waals surface area contributed by atoms with E-state index in [0.29, 0.717) is 29.7 Å². The standard InChI is InChI=1S/C28H32FN3O3/c1-7-18(3)24(14-19(4)20(5)32-26-12-13-30-17-25(26)29)22-10-9-11-23(15-22)27(33)31-16-21(8-2)28(34)35-6/h9-15,17,21H,3-5,7-8,16H2,1-2,6H3,(H,30,32)(H,31,33)/b24-14+. The van der Waals surface area contributed by atoms with E-state index in [4.69, 9.17) is 4.74 Å². The van der Waals surface area contributed by atoms with Crippen LogP contribution in [0.1, 0.15) is 42.6 Å². The summed E-state index contributed by atoms with van der Waals surface area (Å²) in [7, 11) is 1.33. The van der Waals surface area contributed by atoms with Crippen molar-refractivity contribution in [2.75, 3.05) is 19.0 Å². The van der Waals surface area contributed by atoms with Crippen LogP contribution in [-0.2, 0) is 9.53 Å². The Kier molecular flexibility index (Phi) is 10.1. The summed E-state index contributed by atoms with van der Waals surface area (Å²) in [5, 5.41) is 5.72. The summed E-state index contributed by atoms with van der Waals surface area (Å²) in [6.07, 6.45) is 5.63. The van der Waals surface area contributed by atoms with Crippen LogP contribution in [-0.4, -0.2) is 30.5 Å². The van der Waals surface area contributed by atoms with Gasteiger partial charge in [-0.1, -0.05) is 45.7 Å². The summed E-state index contributed by atoms with van der Waals surface area (Å²) in [4.78, 5) is 28.3. The smallest absolute Gasteiger partial charge is 0.310 e. The van der Waals surface area contributed by atoms with Crippen molar-refractivity contribution >= 4 is 23.1 Å². The van der Waals surface area contributed by atoms with Crippen molar-refractivity contribution in [3.05, 3.63) is 102 Å². The molecule has 6 nitrogen and oxygen atoms in total. The number of pyridine rings is 1. The Morgan fingerprint density at radius 3 is 2.51 bits per heavy atom. The number of aromatic nitrogens is 1. The molecule has 0 saturated carbocycles. The molecule has 0 radical (unpaired) electrons. The van der Waals surface area contributed by atoms with E-state index < -0.39 is 11.7 Å². The maximum Gasteiger partial charge on any atom is 0.310 e. The fourth-order valence-electron chi connectivity index (χ4n) is 3.27. The number of esters is 1. The highest BCUT2D eigenvalue weighted by Crippen LogP contribution is 2.28. The Hall–Kier alpha value is -4.00. The average Bonchev–Trinajstić information content (AvgIpc) is 2.87. The molecule has 0 saturated heterocycles. The summed E-state index contributed by atoms with van der Waals surface area (Å²) in [6.45, 7) is 16.2. The average molecular weight is 478 g/mol. The highest BCUT2D eigenvalue weighted by Gasteiger charge is 2.18. The number of halogens is 1. The third-order valence-electron chi connectivity index (χ3n) is 5.54. The first-order valence-electron chi connectivity index (χ1n) is 11.3. The predicted octanol–water partition coefficient (Wildman–Crippen LogP) is 5.68. The molecule has 1 amide bonds. The van der Waals surface area contributed by atoms with Gasteiger partial charge in [-0.05, 0) is 59.4 Å². The maximum atomic E-state index is 14.0. The Bertz CT molecular complexity index is 1150. The Labute approximate surface area is 206 Å². The lowest BCUT2D eigenvalue weighted by Crippen LogP contribution is -2.33. The predicted molar refractivity (Wildman–Crippen MR) is 138 cm³/mol. The zero-order valence-electron chi connectivity index (χ0n) is 20.5. The topological polar surface area (TPSA) is 80.3 Å². The van der Waals surface area contributed by atoms with Crippen LogP contribution in [0.5, 0.6) is 0 Å². The molecule has 1 heterocycles. The van der Waals surface area contributed by atoms with Gasteiger partial charge in [0.15, 0.2) is 5.82 Å². The second kappa shape index (κ2) is 13.0. The number of hydrogen-bond acceptors (Lipinski definition) is 5. The Balaban J connectivity index is 2.25. The lowest BCUT2D eigenvalue weighted by Gasteiger charge is -2.16. The number of amides is 1. The molecule has 0 fully saturated rings. The number of hydrogen-bond donors (Lipinski definition) is 2. The molecule has 1 aromatic heterocycles. The number of methoxy groups -OCH3 is 1. The van der Waals surface area contributed by atoms with Crippen LogP contribution in [0.3, 0.4) is 0 Å². The van der Waals surface area contributed by atoms with Gasteiger partial charge in [-0.15, -0.1) is 0 Å². The molecule has 1 atom stereocenters. The number of benzene rings is 1. The van der Waals surface area contributed by atoms with E-state index in [-0.39, 0.29) is 24.1 Å². The molecule has 7 heteroatoms. The molecule has 2 aromatic rings. The summed E-state index contributed by atoms with van der Waals surface area (Å²) >= 11 is 0. The zero-order chi connectivity index (χ0) is 26.0. The van der Waals surface area contributed by atoms with Gasteiger partial charge in [0, 0.05) is 24.0 Å². The summed E-state index contributed by atoms with van der Waals surface area (Å²) in [5.41, 5.74) is 4.02. The van der Waals surface area contributed by atoms with Gasteiger partial charge in [0.1, 0.15) is 0 Å². The molecule has 1 aromatic carbocycles. The zero-order valence-corrected chi connectivity index (χ0v) is 20.5. The quantitative estimate of drug-likeness (QED) is 0.304. The molecular weight excluding hydrogens is 445 g/mol. The number of ether oxygens (including phenoxy) is 1. The Morgan fingerprint density at radius 1 is 1.17 bits per heavy atom. The third kappa shape index (κ3) is 7.50. The van der Waals surface area contributed by atoms with Crippen LogP contribution in [0.15, 0.2) is 85.4 Å². The molecule has 2 N–H and O–H groups in total. The van der Waals surface area contributed by atoms with E-state index in [2.05, 4.69) is 35.4 Å². The van der Waals surface area contributed by atoms with Gasteiger partial charge in [0.25, 0.3) is 5.91 Å². The van der Waals surface area contributed by atoms with E-state index >= 15 is 0 Å². The van der Waals surface area contributed by atoms with Gasteiger partial charge in [-0.25, -0.2) is 4.39 Å². The summed E-state index contributed by atoms with van der Waals surface area (Å²) < 4.78 is 18.7. The number of rotatable bonds is 12. The van der Waals surface area contributed by atoms with Gasteiger partial charge in [-0.3, -0.25) is 14.6 Å². The van der Waals surface area contributed by atoms with E-state index in [0.717, 1.165) is 22.9 Å². The fraction of sp³-hybridized carbons (Fsp3) is 0.250. The highest BCUT2D eigenvalue weighted by molar-refractivity contribution is 5.96. The molecule has 0 aliphatic heterocycles. The minimum absolute atomic E-state index is 0.185. The molecule has 184 valence electrons. The number of nitrogens with zero attached hydrogens (tertiary/aromatic N) is 1. The first-order valence-corrected chi connectivity index (χ1v) is 11.3. The monoisotopic (exact) mass is 477 g/mol. The van der Waals surface area contributed by atoms with Crippen LogP contribution >= 0.6 is 0 Å². The molecule has 0 aliphatic rings. The third-order valence-corrected chi connectivity index (χ3v) is 5.54. The molecular formula is C28H32FN3O3. The van der Waals surface area contributed by atoms with Crippen LogP contribution in [0.2, 0.25) is 0 Å². The fourth-order valence-corrected chi connectivity index (χ4v) is 3.27. The second-order valence-corrected chi connectivity index (χ2v) is 7.92. The molecule has 2 rings (SSSR count). The van der Waals surface area contributed by atoms with Crippen molar-refractivity contribution < 1.29 is 18.7 Å². The number of carbonyl (C=O) groups excluding carboxylic acids is 2. The number of anilines is 1. The molecule has 0 aliphatic carbocycles. The molecule has 35 heavy (non-hydrogen) atoms. The SMILES string of the molecule is C=C(/C=C(\C(=C)CC)c1cccc(C(=O)NCC(CC)C(=O)OC)c1)C(=C)Nc1ccncc1F. The van der Waals surface area contributed by atoms with Gasteiger partial charge >= 0.3 is 5.97 Å². The number of allylic oxidation sites excluding steroid dienone is 3. The van der Waals surface area contributed by atoms with Gasteiger partial charge in [0.2, 0.25) is 0 Å². The summed E-state index contributed by atoms with van der Waals surface area (Å²) in [5.74, 6) is -1.56. The highest BCUT2D eigenvalue weighted by atomic mass is 19.1. The first-order chi connectivity index (χ1) is 16.7. The minimum atomic E-state index is -0.500. The van der Waals surface area contributed by atoms with Crippen LogP contribution < -0.4 is 10.6 Å². The van der Waals surface area contributed by atoms with Gasteiger partial charge in [0.05, 0.1) is 24.9 Å². The Morgan fingerprint density at radius 2 is 1.89 bits per heavy atom. The first kappa shape index (κ1) is 27.2. The second-order valence-electron chi connectivity index (χ2n) is 7.92. The van der Waals surface area contributed by atoms with E-state index in [1.165, 1.54) is 19.4 Å². The molecule has 0 bridgehead atoms. The van der Waals surface area contributed by atoms with Crippen molar-refractivity contribution in [1.29, 1.82) is 0 Å². The molecule has 1 unspecified atom stereocenters. The normalized spacial score (nSPS) is 11.8. The van der Waals surface area contributed by atoms with Crippen LogP contribution in [0.4, 0.5) is 10.1 Å². The lowest BCUT2D eigenvalue weighted by molar-refractivity contribution is -0.145. The van der Waals surface area contributed by atoms with Gasteiger partial charge < -0.3 is 15.4 Å².